The van der Waals surface area contributed by atoms with Gasteiger partial charge in [0.15, 0.2) is 0 Å². The summed E-state index contributed by atoms with van der Waals surface area (Å²) in [5, 5.41) is 9.19. The Hall–Kier alpha value is -2.74. The van der Waals surface area contributed by atoms with Crippen molar-refractivity contribution in [2.75, 3.05) is 25.1 Å². The number of hydrogen-bond donors (Lipinski definition) is 1. The molecule has 0 heterocycles. The zero-order chi connectivity index (χ0) is 18.6. The van der Waals surface area contributed by atoms with Crippen LogP contribution in [-0.4, -0.2) is 40.3 Å². The maximum absolute atomic E-state index is 13.1. The molecule has 0 aromatic heterocycles. The van der Waals surface area contributed by atoms with Crippen molar-refractivity contribution in [3.63, 3.8) is 0 Å². The lowest BCUT2D eigenvalue weighted by molar-refractivity contribution is -0.135. The molecule has 0 spiro atoms. The molecule has 25 heavy (non-hydrogen) atoms. The Morgan fingerprint density at radius 1 is 1.08 bits per heavy atom. The van der Waals surface area contributed by atoms with E-state index in [2.05, 4.69) is 0 Å². The number of hydrogen-bond acceptors (Lipinski definition) is 5. The summed E-state index contributed by atoms with van der Waals surface area (Å²) in [6.45, 7) is 0.982. The number of nitrogens with zero attached hydrogens (tertiary/aromatic N) is 1. The molecule has 0 atom stereocenters. The average molecular weight is 365 g/mol. The van der Waals surface area contributed by atoms with Gasteiger partial charge in [0.1, 0.15) is 18.0 Å². The molecule has 0 aliphatic rings. The fraction of sp³-hybridized carbons (Fsp3) is 0.235. The van der Waals surface area contributed by atoms with Gasteiger partial charge in [0.25, 0.3) is 10.0 Å². The van der Waals surface area contributed by atoms with Crippen LogP contribution in [0.3, 0.4) is 0 Å². The third kappa shape index (κ3) is 3.85. The molecule has 7 nitrogen and oxygen atoms in total. The van der Waals surface area contributed by atoms with Crippen LogP contribution in [0.25, 0.3) is 0 Å². The SMILES string of the molecule is COc1ccc(S(=O)(=O)N(CC(=O)O)c2ccccc2OC)cc1C. The van der Waals surface area contributed by atoms with Gasteiger partial charge < -0.3 is 14.6 Å². The summed E-state index contributed by atoms with van der Waals surface area (Å²) in [6.07, 6.45) is 0. The van der Waals surface area contributed by atoms with Gasteiger partial charge in [-0.05, 0) is 42.8 Å². The topological polar surface area (TPSA) is 93.1 Å². The predicted molar refractivity (Wildman–Crippen MR) is 92.9 cm³/mol. The summed E-state index contributed by atoms with van der Waals surface area (Å²) in [6, 6.07) is 10.7. The maximum atomic E-state index is 13.1. The lowest BCUT2D eigenvalue weighted by Gasteiger charge is -2.24. The molecule has 0 amide bonds. The third-order valence-corrected chi connectivity index (χ3v) is 5.34. The first-order valence-corrected chi connectivity index (χ1v) is 8.77. The van der Waals surface area contributed by atoms with Gasteiger partial charge in [0.2, 0.25) is 0 Å². The monoisotopic (exact) mass is 365 g/mol. The fourth-order valence-electron chi connectivity index (χ4n) is 2.40. The Morgan fingerprint density at radius 2 is 1.72 bits per heavy atom. The van der Waals surface area contributed by atoms with E-state index < -0.39 is 22.5 Å². The average Bonchev–Trinajstić information content (AvgIpc) is 2.59. The van der Waals surface area contributed by atoms with Crippen molar-refractivity contribution in [2.24, 2.45) is 0 Å². The quantitative estimate of drug-likeness (QED) is 0.809. The maximum Gasteiger partial charge on any atom is 0.324 e. The molecule has 134 valence electrons. The molecule has 0 bridgehead atoms. The highest BCUT2D eigenvalue weighted by atomic mass is 32.2. The fourth-order valence-corrected chi connectivity index (χ4v) is 3.91. The number of carboxylic acid groups (broad SMARTS) is 1. The molecule has 0 aliphatic heterocycles. The summed E-state index contributed by atoms with van der Waals surface area (Å²) in [4.78, 5) is 11.2. The third-order valence-electron chi connectivity index (χ3n) is 3.59. The van der Waals surface area contributed by atoms with E-state index in [1.807, 2.05) is 0 Å². The number of aryl methyl sites for hydroxylation is 1. The lowest BCUT2D eigenvalue weighted by atomic mass is 10.2. The van der Waals surface area contributed by atoms with E-state index in [1.165, 1.54) is 38.5 Å². The summed E-state index contributed by atoms with van der Waals surface area (Å²) >= 11 is 0. The van der Waals surface area contributed by atoms with Crippen LogP contribution < -0.4 is 13.8 Å². The second kappa shape index (κ2) is 7.43. The van der Waals surface area contributed by atoms with Crippen LogP contribution in [0, 0.1) is 6.92 Å². The summed E-state index contributed by atoms with van der Waals surface area (Å²) in [5.41, 5.74) is 0.778. The van der Waals surface area contributed by atoms with Crippen molar-refractivity contribution in [3.05, 3.63) is 48.0 Å². The Morgan fingerprint density at radius 3 is 2.28 bits per heavy atom. The minimum Gasteiger partial charge on any atom is -0.496 e. The minimum atomic E-state index is -4.11. The number of carbonyl (C=O) groups is 1. The number of aliphatic carboxylic acids is 1. The van der Waals surface area contributed by atoms with Crippen LogP contribution in [0.1, 0.15) is 5.56 Å². The summed E-state index contributed by atoms with van der Waals surface area (Å²) < 4.78 is 37.2. The second-order valence-corrected chi connectivity index (χ2v) is 7.07. The number of benzene rings is 2. The van der Waals surface area contributed by atoms with Crippen molar-refractivity contribution in [1.29, 1.82) is 0 Å². The van der Waals surface area contributed by atoms with E-state index in [1.54, 1.807) is 25.1 Å². The van der Waals surface area contributed by atoms with Crippen LogP contribution in [0.5, 0.6) is 11.5 Å². The van der Waals surface area contributed by atoms with E-state index in [9.17, 15) is 18.3 Å². The van der Waals surface area contributed by atoms with E-state index in [0.29, 0.717) is 11.3 Å². The smallest absolute Gasteiger partial charge is 0.324 e. The van der Waals surface area contributed by atoms with Gasteiger partial charge in [0, 0.05) is 0 Å². The van der Waals surface area contributed by atoms with Gasteiger partial charge >= 0.3 is 5.97 Å². The van der Waals surface area contributed by atoms with Crippen molar-refractivity contribution in [1.82, 2.24) is 0 Å². The van der Waals surface area contributed by atoms with Gasteiger partial charge in [-0.2, -0.15) is 0 Å². The predicted octanol–water partition coefficient (Wildman–Crippen LogP) is 2.29. The molecular weight excluding hydrogens is 346 g/mol. The summed E-state index contributed by atoms with van der Waals surface area (Å²) in [7, 11) is -1.23. The van der Waals surface area contributed by atoms with Crippen LogP contribution in [0.2, 0.25) is 0 Å². The molecule has 0 radical (unpaired) electrons. The molecule has 1 N–H and O–H groups in total. The molecule has 0 unspecified atom stereocenters. The Labute approximate surface area is 146 Å². The zero-order valence-electron chi connectivity index (χ0n) is 14.1. The van der Waals surface area contributed by atoms with E-state index in [0.717, 1.165) is 4.31 Å². The van der Waals surface area contributed by atoms with E-state index in [4.69, 9.17) is 9.47 Å². The van der Waals surface area contributed by atoms with Gasteiger partial charge in [-0.3, -0.25) is 9.10 Å². The summed E-state index contributed by atoms with van der Waals surface area (Å²) in [5.74, 6) is -0.474. The molecule has 2 aromatic rings. The largest absolute Gasteiger partial charge is 0.496 e. The van der Waals surface area contributed by atoms with Crippen LogP contribution >= 0.6 is 0 Å². The van der Waals surface area contributed by atoms with Crippen molar-refractivity contribution in [3.8, 4) is 11.5 Å². The Balaban J connectivity index is 2.60. The number of methoxy groups -OCH3 is 2. The van der Waals surface area contributed by atoms with Crippen molar-refractivity contribution < 1.29 is 27.8 Å². The zero-order valence-corrected chi connectivity index (χ0v) is 14.9. The molecule has 0 saturated carbocycles. The van der Waals surface area contributed by atoms with Gasteiger partial charge in [0.05, 0.1) is 24.8 Å². The highest BCUT2D eigenvalue weighted by Gasteiger charge is 2.29. The second-order valence-electron chi connectivity index (χ2n) is 5.21. The number of sulfonamides is 1. The first kappa shape index (κ1) is 18.6. The normalized spacial score (nSPS) is 11.0. The molecule has 2 rings (SSSR count). The van der Waals surface area contributed by atoms with Crippen LogP contribution in [-0.2, 0) is 14.8 Å². The van der Waals surface area contributed by atoms with Gasteiger partial charge in [-0.25, -0.2) is 8.42 Å². The van der Waals surface area contributed by atoms with Gasteiger partial charge in [-0.15, -0.1) is 0 Å². The number of para-hydroxylation sites is 2. The van der Waals surface area contributed by atoms with Gasteiger partial charge in [-0.1, -0.05) is 12.1 Å². The highest BCUT2D eigenvalue weighted by molar-refractivity contribution is 7.92. The number of carboxylic acids is 1. The Bertz CT molecular complexity index is 878. The molecule has 0 fully saturated rings. The number of ether oxygens (including phenoxy) is 2. The van der Waals surface area contributed by atoms with Crippen LogP contribution in [0.15, 0.2) is 47.4 Å². The van der Waals surface area contributed by atoms with E-state index in [-0.39, 0.29) is 16.3 Å². The highest BCUT2D eigenvalue weighted by Crippen LogP contribution is 2.33. The Kier molecular flexibility index (Phi) is 5.53. The molecule has 2 aromatic carbocycles. The van der Waals surface area contributed by atoms with Crippen molar-refractivity contribution in [2.45, 2.75) is 11.8 Å². The number of rotatable bonds is 7. The first-order chi connectivity index (χ1) is 11.8. The lowest BCUT2D eigenvalue weighted by Crippen LogP contribution is -2.36. The minimum absolute atomic E-state index is 0.0297. The standard InChI is InChI=1S/C17H19NO6S/c1-12-10-13(8-9-15(12)23-2)25(21,22)18(11-17(19)20)14-6-4-5-7-16(14)24-3/h4-10H,11H2,1-3H3,(H,19,20). The first-order valence-electron chi connectivity index (χ1n) is 7.33. The molecule has 0 aliphatic carbocycles. The molecular formula is C17H19NO6S. The number of anilines is 1. The van der Waals surface area contributed by atoms with Crippen LogP contribution in [0.4, 0.5) is 5.69 Å². The van der Waals surface area contributed by atoms with Crippen molar-refractivity contribution >= 4 is 21.7 Å². The molecule has 0 saturated heterocycles. The van der Waals surface area contributed by atoms with E-state index >= 15 is 0 Å². The molecule has 8 heteroatoms.